The second-order valence-corrected chi connectivity index (χ2v) is 7.81. The number of carbonyl (C=O) groups excluding carboxylic acids is 1. The molecule has 25 heavy (non-hydrogen) atoms. The Morgan fingerprint density at radius 3 is 2.80 bits per heavy atom. The van der Waals surface area contributed by atoms with Gasteiger partial charge in [-0.2, -0.15) is 0 Å². The molecule has 1 unspecified atom stereocenters. The van der Waals surface area contributed by atoms with Crippen LogP contribution in [0.5, 0.6) is 5.75 Å². The first-order chi connectivity index (χ1) is 11.9. The monoisotopic (exact) mass is 344 g/mol. The molecular formula is C21H28O4. The molecule has 0 aromatic heterocycles. The van der Waals surface area contributed by atoms with Crippen molar-refractivity contribution in [2.24, 2.45) is 5.92 Å². The van der Waals surface area contributed by atoms with Gasteiger partial charge in [0, 0.05) is 11.8 Å². The van der Waals surface area contributed by atoms with E-state index in [4.69, 9.17) is 4.74 Å². The van der Waals surface area contributed by atoms with Crippen LogP contribution in [0.15, 0.2) is 24.0 Å². The standard InChI is InChI=1S/C21H28O4/c1-4-5-6-7-18(24)19-11-14-16(21(2,3)25-19)10-13-8-9-17(23)15(12-22)20(13)14/h8-9,11-12,14,16,18,23-24H,4-7,10H2,1-3H3/t14-,16-,18?/m1/s1. The maximum Gasteiger partial charge on any atom is 0.154 e. The third-order valence-electron chi connectivity index (χ3n) is 5.71. The van der Waals surface area contributed by atoms with Crippen molar-refractivity contribution >= 4 is 6.29 Å². The summed E-state index contributed by atoms with van der Waals surface area (Å²) in [6.45, 7) is 6.23. The molecular weight excluding hydrogens is 316 g/mol. The molecule has 136 valence electrons. The summed E-state index contributed by atoms with van der Waals surface area (Å²) in [5.41, 5.74) is 1.92. The number of aldehydes is 1. The first kappa shape index (κ1) is 18.0. The van der Waals surface area contributed by atoms with Gasteiger partial charge in [-0.25, -0.2) is 0 Å². The van der Waals surface area contributed by atoms with Crippen LogP contribution in [0.2, 0.25) is 0 Å². The van der Waals surface area contributed by atoms with Gasteiger partial charge in [0.25, 0.3) is 0 Å². The Morgan fingerprint density at radius 2 is 2.12 bits per heavy atom. The molecule has 0 saturated heterocycles. The normalized spacial score (nSPS) is 24.7. The van der Waals surface area contributed by atoms with Crippen LogP contribution in [-0.4, -0.2) is 28.2 Å². The topological polar surface area (TPSA) is 66.8 Å². The fraction of sp³-hybridized carbons (Fsp3) is 0.571. The maximum atomic E-state index is 11.6. The first-order valence-corrected chi connectivity index (χ1v) is 9.27. The Hall–Kier alpha value is -1.81. The molecule has 4 heteroatoms. The van der Waals surface area contributed by atoms with Gasteiger partial charge in [-0.3, -0.25) is 4.79 Å². The van der Waals surface area contributed by atoms with Gasteiger partial charge < -0.3 is 14.9 Å². The number of hydrogen-bond donors (Lipinski definition) is 2. The van der Waals surface area contributed by atoms with E-state index in [9.17, 15) is 15.0 Å². The van der Waals surface area contributed by atoms with Crippen LogP contribution in [0.1, 0.15) is 73.9 Å². The zero-order chi connectivity index (χ0) is 18.2. The van der Waals surface area contributed by atoms with E-state index in [0.717, 1.165) is 43.1 Å². The predicted molar refractivity (Wildman–Crippen MR) is 96.8 cm³/mol. The Balaban J connectivity index is 1.97. The summed E-state index contributed by atoms with van der Waals surface area (Å²) < 4.78 is 6.18. The van der Waals surface area contributed by atoms with E-state index in [0.29, 0.717) is 17.7 Å². The second kappa shape index (κ2) is 6.83. The largest absolute Gasteiger partial charge is 0.507 e. The van der Waals surface area contributed by atoms with Crippen LogP contribution in [0.4, 0.5) is 0 Å². The number of phenolic OH excluding ortho intramolecular Hbond substituents is 1. The summed E-state index contributed by atoms with van der Waals surface area (Å²) in [6.07, 6.45) is 6.75. The zero-order valence-corrected chi connectivity index (χ0v) is 15.3. The smallest absolute Gasteiger partial charge is 0.154 e. The summed E-state index contributed by atoms with van der Waals surface area (Å²) >= 11 is 0. The number of aliphatic hydroxyl groups is 1. The highest BCUT2D eigenvalue weighted by Gasteiger charge is 2.47. The Kier molecular flexibility index (Phi) is 4.92. The number of allylic oxidation sites excluding steroid dienone is 1. The van der Waals surface area contributed by atoms with E-state index in [1.165, 1.54) is 0 Å². The molecule has 1 aliphatic heterocycles. The number of rotatable bonds is 6. The van der Waals surface area contributed by atoms with Crippen molar-refractivity contribution in [3.05, 3.63) is 40.7 Å². The van der Waals surface area contributed by atoms with E-state index in [-0.39, 0.29) is 17.6 Å². The van der Waals surface area contributed by atoms with E-state index < -0.39 is 11.7 Å². The average Bonchev–Trinajstić information content (AvgIpc) is 2.94. The number of fused-ring (bicyclic) bond motifs is 3. The molecule has 1 aliphatic carbocycles. The van der Waals surface area contributed by atoms with Gasteiger partial charge >= 0.3 is 0 Å². The van der Waals surface area contributed by atoms with Crippen molar-refractivity contribution < 1.29 is 19.7 Å². The van der Waals surface area contributed by atoms with Crippen LogP contribution < -0.4 is 0 Å². The number of phenols is 1. The SMILES string of the molecule is CCCCCC(O)C1=C[C@H]2c3c(ccc(O)c3C=O)C[C@H]2C(C)(C)O1. The predicted octanol–water partition coefficient (Wildman–Crippen LogP) is 4.09. The minimum absolute atomic E-state index is 0.0122. The second-order valence-electron chi connectivity index (χ2n) is 7.81. The molecule has 3 atom stereocenters. The van der Waals surface area contributed by atoms with Crippen LogP contribution in [0.3, 0.4) is 0 Å². The van der Waals surface area contributed by atoms with Gasteiger partial charge in [-0.05, 0) is 50.0 Å². The van der Waals surface area contributed by atoms with Crippen molar-refractivity contribution in [2.45, 2.75) is 70.5 Å². The summed E-state index contributed by atoms with van der Waals surface area (Å²) in [6, 6.07) is 3.50. The Bertz CT molecular complexity index is 689. The van der Waals surface area contributed by atoms with Gasteiger partial charge in [0.1, 0.15) is 23.2 Å². The van der Waals surface area contributed by atoms with Crippen LogP contribution in [-0.2, 0) is 11.2 Å². The lowest BCUT2D eigenvalue weighted by molar-refractivity contribution is -0.0604. The molecule has 1 heterocycles. The molecule has 0 amide bonds. The van der Waals surface area contributed by atoms with Crippen LogP contribution in [0, 0.1) is 5.92 Å². The molecule has 4 nitrogen and oxygen atoms in total. The van der Waals surface area contributed by atoms with Gasteiger partial charge in [0.05, 0.1) is 5.56 Å². The lowest BCUT2D eigenvalue weighted by Crippen LogP contribution is -2.41. The lowest BCUT2D eigenvalue weighted by Gasteiger charge is -2.41. The number of unbranched alkanes of at least 4 members (excludes halogenated alkanes) is 2. The highest BCUT2D eigenvalue weighted by atomic mass is 16.5. The third-order valence-corrected chi connectivity index (χ3v) is 5.71. The van der Waals surface area contributed by atoms with Gasteiger partial charge in [-0.15, -0.1) is 0 Å². The van der Waals surface area contributed by atoms with Crippen molar-refractivity contribution in [3.8, 4) is 5.75 Å². The Morgan fingerprint density at radius 1 is 1.36 bits per heavy atom. The molecule has 2 aliphatic rings. The molecule has 0 saturated carbocycles. The number of aromatic hydroxyl groups is 1. The fourth-order valence-corrected chi connectivity index (χ4v) is 4.31. The molecule has 0 fully saturated rings. The number of carbonyl (C=O) groups is 1. The van der Waals surface area contributed by atoms with Crippen molar-refractivity contribution in [2.75, 3.05) is 0 Å². The average molecular weight is 344 g/mol. The quantitative estimate of drug-likeness (QED) is 0.602. The minimum Gasteiger partial charge on any atom is -0.507 e. The summed E-state index contributed by atoms with van der Waals surface area (Å²) in [7, 11) is 0. The third kappa shape index (κ3) is 3.20. The molecule has 3 rings (SSSR count). The Labute approximate surface area is 149 Å². The highest BCUT2D eigenvalue weighted by molar-refractivity contribution is 5.83. The molecule has 1 aromatic rings. The number of hydrogen-bond acceptors (Lipinski definition) is 4. The van der Waals surface area contributed by atoms with Crippen molar-refractivity contribution in [1.82, 2.24) is 0 Å². The van der Waals surface area contributed by atoms with Crippen molar-refractivity contribution in [1.29, 1.82) is 0 Å². The number of ether oxygens (including phenoxy) is 1. The molecule has 0 bridgehead atoms. The highest BCUT2D eigenvalue weighted by Crippen LogP contribution is 2.51. The number of aliphatic hydroxyl groups excluding tert-OH is 1. The lowest BCUT2D eigenvalue weighted by atomic mass is 9.77. The molecule has 0 spiro atoms. The van der Waals surface area contributed by atoms with Gasteiger partial charge in [0.15, 0.2) is 6.29 Å². The summed E-state index contributed by atoms with van der Waals surface area (Å²) in [5, 5.41) is 20.7. The van der Waals surface area contributed by atoms with E-state index in [1.807, 2.05) is 26.0 Å². The molecule has 2 N–H and O–H groups in total. The van der Waals surface area contributed by atoms with E-state index in [1.54, 1.807) is 6.07 Å². The zero-order valence-electron chi connectivity index (χ0n) is 15.3. The van der Waals surface area contributed by atoms with Crippen molar-refractivity contribution in [3.63, 3.8) is 0 Å². The van der Waals surface area contributed by atoms with E-state index in [2.05, 4.69) is 6.92 Å². The molecule has 0 radical (unpaired) electrons. The van der Waals surface area contributed by atoms with Crippen LogP contribution >= 0.6 is 0 Å². The van der Waals surface area contributed by atoms with E-state index >= 15 is 0 Å². The summed E-state index contributed by atoms with van der Waals surface area (Å²) in [5.74, 6) is 0.809. The number of benzene rings is 1. The minimum atomic E-state index is -0.618. The fourth-order valence-electron chi connectivity index (χ4n) is 4.31. The van der Waals surface area contributed by atoms with Crippen LogP contribution in [0.25, 0.3) is 0 Å². The van der Waals surface area contributed by atoms with Gasteiger partial charge in [-0.1, -0.05) is 32.3 Å². The van der Waals surface area contributed by atoms with Gasteiger partial charge in [0.2, 0.25) is 0 Å². The first-order valence-electron chi connectivity index (χ1n) is 9.27. The molecule has 1 aromatic carbocycles. The summed E-state index contributed by atoms with van der Waals surface area (Å²) in [4.78, 5) is 11.6. The maximum absolute atomic E-state index is 11.6.